The topological polar surface area (TPSA) is 102 Å². The number of methoxy groups -OCH3 is 2. The number of nitrogens with zero attached hydrogens (tertiary/aromatic N) is 3. The van der Waals surface area contributed by atoms with Crippen LogP contribution in [0.4, 0.5) is 15.2 Å². The molecule has 0 amide bonds. The van der Waals surface area contributed by atoms with Gasteiger partial charge in [-0.05, 0) is 43.7 Å². The molecule has 4 heterocycles. The SMILES string of the molecule is COc1ccc(CN(c2nccs2)S(=O)(=O)c2cc(Cl)c(NCC34CCCN3CC3(C4)OCCO3)cc2F)c(OC)c1. The lowest BCUT2D eigenvalue weighted by Crippen LogP contribution is -2.44. The van der Waals surface area contributed by atoms with E-state index in [1.807, 2.05) is 0 Å². The van der Waals surface area contributed by atoms with Gasteiger partial charge in [0.25, 0.3) is 10.0 Å². The number of rotatable bonds is 10. The van der Waals surface area contributed by atoms with E-state index >= 15 is 4.39 Å². The third-order valence-corrected chi connectivity index (χ3v) is 11.2. The Morgan fingerprint density at radius 2 is 2.02 bits per heavy atom. The number of halogens is 2. The molecule has 10 nitrogen and oxygen atoms in total. The van der Waals surface area contributed by atoms with E-state index in [4.69, 9.17) is 30.5 Å². The Balaban J connectivity index is 1.27. The molecule has 1 spiro atoms. The molecule has 1 N–H and O–H groups in total. The molecule has 0 bridgehead atoms. The number of anilines is 2. The maximum atomic E-state index is 15.7. The molecule has 3 saturated heterocycles. The molecule has 0 aliphatic carbocycles. The summed E-state index contributed by atoms with van der Waals surface area (Å²) >= 11 is 7.72. The van der Waals surface area contributed by atoms with Gasteiger partial charge in [0.15, 0.2) is 10.9 Å². The molecule has 14 heteroatoms. The molecule has 3 aliphatic rings. The maximum Gasteiger partial charge on any atom is 0.269 e. The first-order valence-corrected chi connectivity index (χ1v) is 16.3. The van der Waals surface area contributed by atoms with Crippen molar-refractivity contribution in [3.8, 4) is 11.5 Å². The molecular weight excluding hydrogens is 607 g/mol. The highest BCUT2D eigenvalue weighted by Crippen LogP contribution is 2.47. The number of benzene rings is 2. The second-order valence-corrected chi connectivity index (χ2v) is 13.8. The predicted octanol–water partition coefficient (Wildman–Crippen LogP) is 4.74. The molecule has 0 radical (unpaired) electrons. The third-order valence-electron chi connectivity index (χ3n) is 8.22. The van der Waals surface area contributed by atoms with Crippen LogP contribution in [0.5, 0.6) is 11.5 Å². The summed E-state index contributed by atoms with van der Waals surface area (Å²) in [6, 6.07) is 7.35. The number of nitrogens with one attached hydrogen (secondary N) is 1. The van der Waals surface area contributed by atoms with Gasteiger partial charge >= 0.3 is 0 Å². The first-order chi connectivity index (χ1) is 20.2. The predicted molar refractivity (Wildman–Crippen MR) is 158 cm³/mol. The zero-order valence-electron chi connectivity index (χ0n) is 23.3. The van der Waals surface area contributed by atoms with Crippen LogP contribution in [0.1, 0.15) is 24.8 Å². The third kappa shape index (κ3) is 5.31. The van der Waals surface area contributed by atoms with Gasteiger partial charge in [-0.25, -0.2) is 22.1 Å². The van der Waals surface area contributed by atoms with E-state index in [9.17, 15) is 8.42 Å². The Morgan fingerprint density at radius 1 is 1.21 bits per heavy atom. The Labute approximate surface area is 253 Å². The molecule has 3 aromatic rings. The van der Waals surface area contributed by atoms with Crippen LogP contribution in [-0.4, -0.2) is 76.7 Å². The molecule has 226 valence electrons. The zero-order chi connectivity index (χ0) is 29.5. The lowest BCUT2D eigenvalue weighted by atomic mass is 9.92. The van der Waals surface area contributed by atoms with E-state index < -0.39 is 26.5 Å². The fraction of sp³-hybridized carbons (Fsp3) is 0.464. The van der Waals surface area contributed by atoms with Crippen molar-refractivity contribution in [1.29, 1.82) is 0 Å². The van der Waals surface area contributed by atoms with Crippen molar-refractivity contribution in [1.82, 2.24) is 9.88 Å². The number of aromatic nitrogens is 1. The van der Waals surface area contributed by atoms with Crippen molar-refractivity contribution in [3.05, 3.63) is 58.3 Å². The van der Waals surface area contributed by atoms with E-state index in [1.54, 1.807) is 23.6 Å². The average Bonchev–Trinajstić information content (AvgIpc) is 3.78. The summed E-state index contributed by atoms with van der Waals surface area (Å²) in [5.74, 6) is -0.541. The van der Waals surface area contributed by atoms with Gasteiger partial charge < -0.3 is 24.3 Å². The number of thiazole rings is 1. The van der Waals surface area contributed by atoms with Crippen molar-refractivity contribution in [2.75, 3.05) is 56.7 Å². The van der Waals surface area contributed by atoms with Crippen molar-refractivity contribution >= 4 is 43.8 Å². The van der Waals surface area contributed by atoms with Gasteiger partial charge in [-0.3, -0.25) is 4.90 Å². The van der Waals surface area contributed by atoms with Crippen molar-refractivity contribution in [3.63, 3.8) is 0 Å². The second kappa shape index (κ2) is 11.4. The second-order valence-electron chi connectivity index (χ2n) is 10.7. The van der Waals surface area contributed by atoms with Crippen LogP contribution in [0.2, 0.25) is 5.02 Å². The van der Waals surface area contributed by atoms with E-state index in [0.717, 1.165) is 47.2 Å². The Kier molecular flexibility index (Phi) is 8.00. The molecule has 3 fully saturated rings. The Hall–Kier alpha value is -2.68. The molecule has 1 unspecified atom stereocenters. The summed E-state index contributed by atoms with van der Waals surface area (Å²) in [5.41, 5.74) is 0.654. The van der Waals surface area contributed by atoms with Crippen LogP contribution in [-0.2, 0) is 26.0 Å². The fourth-order valence-electron chi connectivity index (χ4n) is 6.21. The average molecular weight is 639 g/mol. The maximum absolute atomic E-state index is 15.7. The molecule has 1 atom stereocenters. The molecule has 2 aromatic carbocycles. The van der Waals surface area contributed by atoms with Crippen LogP contribution >= 0.6 is 22.9 Å². The van der Waals surface area contributed by atoms with Gasteiger partial charge in [0.1, 0.15) is 22.2 Å². The minimum atomic E-state index is -4.43. The number of fused-ring (bicyclic) bond motifs is 1. The highest BCUT2D eigenvalue weighted by Gasteiger charge is 2.58. The van der Waals surface area contributed by atoms with E-state index in [1.165, 1.54) is 20.4 Å². The van der Waals surface area contributed by atoms with E-state index in [0.29, 0.717) is 55.5 Å². The van der Waals surface area contributed by atoms with Gasteiger partial charge in [0.05, 0.1) is 51.2 Å². The van der Waals surface area contributed by atoms with Gasteiger partial charge in [0, 0.05) is 41.7 Å². The van der Waals surface area contributed by atoms with Crippen LogP contribution < -0.4 is 19.1 Å². The lowest BCUT2D eigenvalue weighted by Gasteiger charge is -2.32. The van der Waals surface area contributed by atoms with Crippen LogP contribution in [0.15, 0.2) is 46.8 Å². The van der Waals surface area contributed by atoms with Crippen molar-refractivity contribution in [2.45, 2.75) is 42.0 Å². The van der Waals surface area contributed by atoms with Crippen molar-refractivity contribution in [2.24, 2.45) is 0 Å². The standard InChI is InChI=1S/C28H32ClFN4O6S2/c1-37-20-5-4-19(24(12-20)38-2)15-34(26-31-7-11-41-26)42(35,36)25-13-21(29)23(14-22(25)30)32-17-27-6-3-8-33(27)18-28(16-27)39-9-10-40-28/h4-5,7,11-14,32H,3,6,8-10,15-18H2,1-2H3. The van der Waals surface area contributed by atoms with Crippen LogP contribution in [0, 0.1) is 5.82 Å². The summed E-state index contributed by atoms with van der Waals surface area (Å²) in [7, 11) is -1.42. The van der Waals surface area contributed by atoms with E-state index in [2.05, 4.69) is 15.2 Å². The highest BCUT2D eigenvalue weighted by molar-refractivity contribution is 7.93. The number of sulfonamides is 1. The summed E-state index contributed by atoms with van der Waals surface area (Å²) in [5, 5.41) is 5.22. The fourth-order valence-corrected chi connectivity index (χ4v) is 8.85. The smallest absolute Gasteiger partial charge is 0.269 e. The normalized spacial score (nSPS) is 21.5. The Morgan fingerprint density at radius 3 is 2.74 bits per heavy atom. The lowest BCUT2D eigenvalue weighted by molar-refractivity contribution is -0.147. The minimum absolute atomic E-state index is 0.0955. The number of hydrogen-bond acceptors (Lipinski definition) is 10. The molecule has 6 rings (SSSR count). The number of ether oxygens (including phenoxy) is 4. The summed E-state index contributed by atoms with van der Waals surface area (Å²) in [6.45, 7) is 3.13. The summed E-state index contributed by atoms with van der Waals surface area (Å²) < 4.78 is 67.4. The molecule has 1 aromatic heterocycles. The van der Waals surface area contributed by atoms with Gasteiger partial charge in [-0.1, -0.05) is 11.6 Å². The summed E-state index contributed by atoms with van der Waals surface area (Å²) in [4.78, 5) is 6.03. The Bertz CT molecular complexity index is 1550. The molecule has 3 aliphatic heterocycles. The largest absolute Gasteiger partial charge is 0.497 e. The first-order valence-electron chi connectivity index (χ1n) is 13.6. The van der Waals surface area contributed by atoms with Crippen molar-refractivity contribution < 1.29 is 31.8 Å². The summed E-state index contributed by atoms with van der Waals surface area (Å²) in [6.07, 6.45) is 4.18. The zero-order valence-corrected chi connectivity index (χ0v) is 25.7. The van der Waals surface area contributed by atoms with Crippen LogP contribution in [0.25, 0.3) is 0 Å². The van der Waals surface area contributed by atoms with Gasteiger partial charge in [-0.2, -0.15) is 0 Å². The number of hydrogen-bond donors (Lipinski definition) is 1. The van der Waals surface area contributed by atoms with Gasteiger partial charge in [0.2, 0.25) is 0 Å². The molecular formula is C28H32ClFN4O6S2. The monoisotopic (exact) mass is 638 g/mol. The molecule has 0 saturated carbocycles. The molecule has 42 heavy (non-hydrogen) atoms. The van der Waals surface area contributed by atoms with Crippen LogP contribution in [0.3, 0.4) is 0 Å². The van der Waals surface area contributed by atoms with Gasteiger partial charge in [-0.15, -0.1) is 11.3 Å². The quantitative estimate of drug-likeness (QED) is 0.337. The highest BCUT2D eigenvalue weighted by atomic mass is 35.5. The van der Waals surface area contributed by atoms with E-state index in [-0.39, 0.29) is 22.2 Å². The minimum Gasteiger partial charge on any atom is -0.497 e. The first kappa shape index (κ1) is 29.4.